The maximum atomic E-state index is 12.2. The van der Waals surface area contributed by atoms with Crippen molar-refractivity contribution in [2.24, 2.45) is 0 Å². The SMILES string of the molecule is C[C@H](NC(=O)N[C@H]1C[C@H]2C(=O)N[C@H](C)C(=O)N2C1)c1ccccc1. The number of carbonyl (C=O) groups is 3. The molecule has 2 aliphatic heterocycles. The van der Waals surface area contributed by atoms with Crippen LogP contribution >= 0.6 is 0 Å². The Labute approximate surface area is 140 Å². The first-order valence-corrected chi connectivity index (χ1v) is 8.18. The van der Waals surface area contributed by atoms with Gasteiger partial charge in [0.05, 0.1) is 12.1 Å². The molecule has 0 aliphatic carbocycles. The predicted octanol–water partition coefficient (Wildman–Crippen LogP) is 0.535. The summed E-state index contributed by atoms with van der Waals surface area (Å²) in [5.41, 5.74) is 1.01. The molecule has 7 heteroatoms. The van der Waals surface area contributed by atoms with E-state index in [1.54, 1.807) is 11.8 Å². The van der Waals surface area contributed by atoms with Gasteiger partial charge in [0.1, 0.15) is 12.1 Å². The number of amides is 4. The number of urea groups is 1. The molecule has 4 amide bonds. The first kappa shape index (κ1) is 16.3. The second kappa shape index (κ2) is 6.51. The van der Waals surface area contributed by atoms with Gasteiger partial charge in [-0.1, -0.05) is 30.3 Å². The van der Waals surface area contributed by atoms with E-state index >= 15 is 0 Å². The van der Waals surface area contributed by atoms with E-state index in [0.29, 0.717) is 13.0 Å². The lowest BCUT2D eigenvalue weighted by molar-refractivity contribution is -0.146. The minimum absolute atomic E-state index is 0.0954. The smallest absolute Gasteiger partial charge is 0.315 e. The second-order valence-electron chi connectivity index (χ2n) is 6.42. The van der Waals surface area contributed by atoms with Gasteiger partial charge in [-0.3, -0.25) is 9.59 Å². The molecule has 4 atom stereocenters. The highest BCUT2D eigenvalue weighted by atomic mass is 16.2. The lowest BCUT2D eigenvalue weighted by Crippen LogP contribution is -2.60. The maximum Gasteiger partial charge on any atom is 0.315 e. The summed E-state index contributed by atoms with van der Waals surface area (Å²) in [6.07, 6.45) is 0.442. The van der Waals surface area contributed by atoms with Gasteiger partial charge in [0.15, 0.2) is 0 Å². The number of nitrogens with one attached hydrogen (secondary N) is 3. The van der Waals surface area contributed by atoms with Crippen molar-refractivity contribution in [3.05, 3.63) is 35.9 Å². The van der Waals surface area contributed by atoms with Gasteiger partial charge < -0.3 is 20.9 Å². The van der Waals surface area contributed by atoms with E-state index in [1.165, 1.54) is 0 Å². The summed E-state index contributed by atoms with van der Waals surface area (Å²) in [6, 6.07) is 8.04. The van der Waals surface area contributed by atoms with E-state index < -0.39 is 12.1 Å². The summed E-state index contributed by atoms with van der Waals surface area (Å²) in [5.74, 6) is -0.244. The van der Waals surface area contributed by atoms with Crippen LogP contribution < -0.4 is 16.0 Å². The zero-order chi connectivity index (χ0) is 17.3. The summed E-state index contributed by atoms with van der Waals surface area (Å²) >= 11 is 0. The fourth-order valence-electron chi connectivity index (χ4n) is 3.30. The number of hydrogen-bond acceptors (Lipinski definition) is 3. The van der Waals surface area contributed by atoms with Gasteiger partial charge in [-0.25, -0.2) is 4.79 Å². The Hall–Kier alpha value is -2.57. The lowest BCUT2D eigenvalue weighted by Gasteiger charge is -2.32. The molecule has 1 aromatic carbocycles. The van der Waals surface area contributed by atoms with Gasteiger partial charge in [-0.15, -0.1) is 0 Å². The third-order valence-electron chi connectivity index (χ3n) is 4.60. The Morgan fingerprint density at radius 1 is 1.29 bits per heavy atom. The molecule has 3 N–H and O–H groups in total. The van der Waals surface area contributed by atoms with Gasteiger partial charge in [0.25, 0.3) is 0 Å². The molecule has 0 aromatic heterocycles. The van der Waals surface area contributed by atoms with Crippen LogP contribution in [0.3, 0.4) is 0 Å². The van der Waals surface area contributed by atoms with E-state index in [0.717, 1.165) is 5.56 Å². The highest BCUT2D eigenvalue weighted by molar-refractivity contribution is 5.97. The first-order valence-electron chi connectivity index (χ1n) is 8.18. The number of nitrogens with zero attached hydrogens (tertiary/aromatic N) is 1. The molecule has 0 radical (unpaired) electrons. The van der Waals surface area contributed by atoms with Crippen LogP contribution in [0.25, 0.3) is 0 Å². The standard InChI is InChI=1S/C17H22N4O3/c1-10(12-6-4-3-5-7-12)19-17(24)20-13-8-14-15(22)18-11(2)16(23)21(14)9-13/h3-7,10-11,13-14H,8-9H2,1-2H3,(H,18,22)(H2,19,20,24)/t10-,11+,13-,14-/m0/s1. The molecule has 0 spiro atoms. The number of hydrogen-bond donors (Lipinski definition) is 3. The monoisotopic (exact) mass is 330 g/mol. The maximum absolute atomic E-state index is 12.2. The van der Waals surface area contributed by atoms with Gasteiger partial charge in [0, 0.05) is 6.54 Å². The highest BCUT2D eigenvalue weighted by Gasteiger charge is 2.45. The third-order valence-corrected chi connectivity index (χ3v) is 4.60. The summed E-state index contributed by atoms with van der Waals surface area (Å²) in [4.78, 5) is 37.9. The van der Waals surface area contributed by atoms with Gasteiger partial charge in [-0.05, 0) is 25.8 Å². The number of piperazine rings is 1. The normalized spacial score (nSPS) is 27.2. The van der Waals surface area contributed by atoms with Gasteiger partial charge >= 0.3 is 6.03 Å². The fourth-order valence-corrected chi connectivity index (χ4v) is 3.30. The summed E-state index contributed by atoms with van der Waals surface area (Å²) in [6.45, 7) is 3.95. The Morgan fingerprint density at radius 3 is 2.71 bits per heavy atom. The molecule has 7 nitrogen and oxygen atoms in total. The van der Waals surface area contributed by atoms with E-state index in [4.69, 9.17) is 0 Å². The van der Waals surface area contributed by atoms with E-state index in [9.17, 15) is 14.4 Å². The Balaban J connectivity index is 1.56. The van der Waals surface area contributed by atoms with E-state index in [1.807, 2.05) is 37.3 Å². The third kappa shape index (κ3) is 3.20. The number of carbonyl (C=O) groups excluding carboxylic acids is 3. The molecule has 2 heterocycles. The first-order chi connectivity index (χ1) is 11.5. The fraction of sp³-hybridized carbons (Fsp3) is 0.471. The minimum atomic E-state index is -0.501. The molecule has 0 saturated carbocycles. The van der Waals surface area contributed by atoms with Gasteiger partial charge in [-0.2, -0.15) is 0 Å². The van der Waals surface area contributed by atoms with Crippen LogP contribution in [0.4, 0.5) is 4.79 Å². The Kier molecular flexibility index (Phi) is 4.42. The number of fused-ring (bicyclic) bond motifs is 1. The molecular formula is C17H22N4O3. The molecule has 0 unspecified atom stereocenters. The molecule has 128 valence electrons. The molecule has 24 heavy (non-hydrogen) atoms. The average Bonchev–Trinajstić information content (AvgIpc) is 2.98. The molecule has 3 rings (SSSR count). The van der Waals surface area contributed by atoms with Crippen molar-refractivity contribution in [2.75, 3.05) is 6.54 Å². The number of benzene rings is 1. The zero-order valence-electron chi connectivity index (χ0n) is 13.8. The molecular weight excluding hydrogens is 308 g/mol. The van der Waals surface area contributed by atoms with Gasteiger partial charge in [0.2, 0.25) is 11.8 Å². The highest BCUT2D eigenvalue weighted by Crippen LogP contribution is 2.22. The summed E-state index contributed by atoms with van der Waals surface area (Å²) in [5, 5.41) is 8.42. The van der Waals surface area contributed by atoms with Crippen LogP contribution in [0.5, 0.6) is 0 Å². The largest absolute Gasteiger partial charge is 0.343 e. The van der Waals surface area contributed by atoms with Crippen molar-refractivity contribution < 1.29 is 14.4 Å². The molecule has 2 aliphatic rings. The van der Waals surface area contributed by atoms with Crippen molar-refractivity contribution >= 4 is 17.8 Å². The zero-order valence-corrected chi connectivity index (χ0v) is 13.8. The second-order valence-corrected chi connectivity index (χ2v) is 6.42. The Bertz CT molecular complexity index is 648. The lowest BCUT2D eigenvalue weighted by atomic mass is 10.1. The van der Waals surface area contributed by atoms with E-state index in [-0.39, 0.29) is 29.9 Å². The van der Waals surface area contributed by atoms with Crippen LogP contribution in [0.15, 0.2) is 30.3 Å². The quantitative estimate of drug-likeness (QED) is 0.755. The topological polar surface area (TPSA) is 90.5 Å². The van der Waals surface area contributed by atoms with Crippen LogP contribution in [0.1, 0.15) is 31.9 Å². The minimum Gasteiger partial charge on any atom is -0.343 e. The van der Waals surface area contributed by atoms with Crippen LogP contribution in [0, 0.1) is 0 Å². The van der Waals surface area contributed by atoms with Crippen LogP contribution in [-0.2, 0) is 9.59 Å². The molecule has 0 bridgehead atoms. The number of rotatable bonds is 3. The van der Waals surface area contributed by atoms with Crippen LogP contribution in [0.2, 0.25) is 0 Å². The van der Waals surface area contributed by atoms with Crippen molar-refractivity contribution in [3.63, 3.8) is 0 Å². The molecule has 1 aromatic rings. The van der Waals surface area contributed by atoms with Crippen molar-refractivity contribution in [1.29, 1.82) is 0 Å². The average molecular weight is 330 g/mol. The van der Waals surface area contributed by atoms with Crippen LogP contribution in [-0.4, -0.2) is 47.4 Å². The molecule has 2 fully saturated rings. The van der Waals surface area contributed by atoms with Crippen molar-refractivity contribution in [3.8, 4) is 0 Å². The predicted molar refractivity (Wildman–Crippen MR) is 88.0 cm³/mol. The summed E-state index contributed by atoms with van der Waals surface area (Å²) < 4.78 is 0. The summed E-state index contributed by atoms with van der Waals surface area (Å²) in [7, 11) is 0. The van der Waals surface area contributed by atoms with E-state index in [2.05, 4.69) is 16.0 Å². The molecule has 2 saturated heterocycles. The van der Waals surface area contributed by atoms with Crippen molar-refractivity contribution in [2.45, 2.75) is 44.4 Å². The Morgan fingerprint density at radius 2 is 2.00 bits per heavy atom. The van der Waals surface area contributed by atoms with Crippen molar-refractivity contribution in [1.82, 2.24) is 20.9 Å².